The van der Waals surface area contributed by atoms with E-state index in [0.29, 0.717) is 6.42 Å². The molecule has 0 saturated heterocycles. The summed E-state index contributed by atoms with van der Waals surface area (Å²) in [6, 6.07) is 0. The van der Waals surface area contributed by atoms with E-state index in [9.17, 15) is 8.78 Å². The second-order valence-electron chi connectivity index (χ2n) is 2.06. The lowest BCUT2D eigenvalue weighted by Gasteiger charge is -2.16. The van der Waals surface area contributed by atoms with E-state index in [4.69, 9.17) is 23.2 Å². The van der Waals surface area contributed by atoms with Gasteiger partial charge in [-0.3, -0.25) is 0 Å². The number of halogens is 4. The SMILES string of the molecule is CCCCOC(F)(F)C(Cl)Cl. The Morgan fingerprint density at radius 1 is 1.45 bits per heavy atom. The number of ether oxygens (including phenoxy) is 1. The molecule has 1 nitrogen and oxygen atoms in total. The molecule has 5 heteroatoms. The first-order valence-electron chi connectivity index (χ1n) is 3.30. The van der Waals surface area contributed by atoms with Crippen LogP contribution in [0.3, 0.4) is 0 Å². The summed E-state index contributed by atoms with van der Waals surface area (Å²) < 4.78 is 28.9. The third-order valence-electron chi connectivity index (χ3n) is 1.05. The monoisotopic (exact) mass is 206 g/mol. The Morgan fingerprint density at radius 3 is 2.36 bits per heavy atom. The van der Waals surface area contributed by atoms with Crippen LogP contribution in [-0.4, -0.2) is 17.6 Å². The van der Waals surface area contributed by atoms with E-state index in [1.807, 2.05) is 6.92 Å². The fraction of sp³-hybridized carbons (Fsp3) is 1.00. The van der Waals surface area contributed by atoms with Crippen LogP contribution >= 0.6 is 23.2 Å². The summed E-state index contributed by atoms with van der Waals surface area (Å²) in [6.07, 6.45) is -2.04. The molecule has 0 aromatic carbocycles. The van der Waals surface area contributed by atoms with Crippen LogP contribution in [0.4, 0.5) is 8.78 Å². The van der Waals surface area contributed by atoms with Gasteiger partial charge in [0.25, 0.3) is 0 Å². The van der Waals surface area contributed by atoms with Gasteiger partial charge in [-0.05, 0) is 6.42 Å². The second kappa shape index (κ2) is 5.12. The molecule has 0 spiro atoms. The van der Waals surface area contributed by atoms with E-state index >= 15 is 0 Å². The Kier molecular flexibility index (Phi) is 5.30. The van der Waals surface area contributed by atoms with E-state index < -0.39 is 10.9 Å². The number of alkyl halides is 4. The molecular weight excluding hydrogens is 197 g/mol. The maximum atomic E-state index is 12.4. The summed E-state index contributed by atoms with van der Waals surface area (Å²) in [4.78, 5) is -1.79. The minimum Gasteiger partial charge on any atom is -0.318 e. The van der Waals surface area contributed by atoms with Crippen molar-refractivity contribution >= 4 is 23.2 Å². The summed E-state index contributed by atoms with van der Waals surface area (Å²) in [5, 5.41) is 0. The zero-order valence-corrected chi connectivity index (χ0v) is 7.63. The van der Waals surface area contributed by atoms with Crippen LogP contribution < -0.4 is 0 Å². The predicted octanol–water partition coefficient (Wildman–Crippen LogP) is 3.20. The molecule has 68 valence electrons. The molecule has 0 fully saturated rings. The maximum absolute atomic E-state index is 12.4. The molecule has 0 unspecified atom stereocenters. The average molecular weight is 207 g/mol. The molecule has 0 saturated carbocycles. The first-order chi connectivity index (χ1) is 5.00. The molecule has 0 N–H and O–H groups in total. The Hall–Kier alpha value is 0.400. The van der Waals surface area contributed by atoms with Gasteiger partial charge in [0.2, 0.25) is 0 Å². The molecule has 11 heavy (non-hydrogen) atoms. The lowest BCUT2D eigenvalue weighted by Crippen LogP contribution is -2.29. The molecule has 0 aromatic heterocycles. The van der Waals surface area contributed by atoms with Gasteiger partial charge in [0, 0.05) is 0 Å². The fourth-order valence-corrected chi connectivity index (χ4v) is 0.542. The minimum absolute atomic E-state index is 0.0144. The molecule has 0 rings (SSSR count). The summed E-state index contributed by atoms with van der Waals surface area (Å²) in [7, 11) is 0. The highest BCUT2D eigenvalue weighted by Crippen LogP contribution is 2.27. The van der Waals surface area contributed by atoms with Crippen molar-refractivity contribution in [1.82, 2.24) is 0 Å². The number of rotatable bonds is 5. The van der Waals surface area contributed by atoms with Crippen molar-refractivity contribution in [2.75, 3.05) is 6.61 Å². The second-order valence-corrected chi connectivity index (χ2v) is 3.16. The molecule has 0 amide bonds. The van der Waals surface area contributed by atoms with Gasteiger partial charge in [0.15, 0.2) is 4.84 Å². The quantitative estimate of drug-likeness (QED) is 0.496. The molecule has 0 radical (unpaired) electrons. The van der Waals surface area contributed by atoms with Gasteiger partial charge >= 0.3 is 6.11 Å². The normalized spacial score (nSPS) is 12.5. The lowest BCUT2D eigenvalue weighted by atomic mass is 10.4. The topological polar surface area (TPSA) is 9.23 Å². The number of hydrogen-bond acceptors (Lipinski definition) is 1. The van der Waals surface area contributed by atoms with Crippen molar-refractivity contribution in [1.29, 1.82) is 0 Å². The van der Waals surface area contributed by atoms with Gasteiger partial charge in [-0.1, -0.05) is 36.5 Å². The van der Waals surface area contributed by atoms with E-state index in [2.05, 4.69) is 4.74 Å². The number of unbranched alkanes of at least 4 members (excludes halogenated alkanes) is 1. The van der Waals surface area contributed by atoms with Gasteiger partial charge < -0.3 is 4.74 Å². The van der Waals surface area contributed by atoms with E-state index in [1.54, 1.807) is 0 Å². The molecule has 0 bridgehead atoms. The Balaban J connectivity index is 3.55. The highest BCUT2D eigenvalue weighted by molar-refractivity contribution is 6.44. The standard InChI is InChI=1S/C6H10Cl2F2O/c1-2-3-4-11-6(9,10)5(7)8/h5H,2-4H2,1H3. The fourth-order valence-electron chi connectivity index (χ4n) is 0.416. The summed E-state index contributed by atoms with van der Waals surface area (Å²) in [6.45, 7) is 1.86. The summed E-state index contributed by atoms with van der Waals surface area (Å²) in [5.41, 5.74) is 0. The van der Waals surface area contributed by atoms with Gasteiger partial charge in [0.1, 0.15) is 0 Å². The van der Waals surface area contributed by atoms with Crippen molar-refractivity contribution < 1.29 is 13.5 Å². The van der Waals surface area contributed by atoms with E-state index in [0.717, 1.165) is 6.42 Å². The van der Waals surface area contributed by atoms with Gasteiger partial charge in [-0.2, -0.15) is 8.78 Å². The minimum atomic E-state index is -3.42. The van der Waals surface area contributed by atoms with Crippen LogP contribution in [0, 0.1) is 0 Å². The summed E-state index contributed by atoms with van der Waals surface area (Å²) >= 11 is 9.88. The van der Waals surface area contributed by atoms with Crippen LogP contribution in [-0.2, 0) is 4.74 Å². The zero-order chi connectivity index (χ0) is 8.91. The van der Waals surface area contributed by atoms with Crippen LogP contribution in [0.1, 0.15) is 19.8 Å². The van der Waals surface area contributed by atoms with E-state index in [1.165, 1.54) is 0 Å². The van der Waals surface area contributed by atoms with Crippen molar-refractivity contribution in [2.24, 2.45) is 0 Å². The maximum Gasteiger partial charge on any atom is 0.385 e. The van der Waals surface area contributed by atoms with Crippen molar-refractivity contribution in [2.45, 2.75) is 30.7 Å². The zero-order valence-electron chi connectivity index (χ0n) is 6.12. The molecule has 0 aromatic rings. The van der Waals surface area contributed by atoms with Gasteiger partial charge in [0.05, 0.1) is 6.61 Å². The van der Waals surface area contributed by atoms with Crippen molar-refractivity contribution in [3.05, 3.63) is 0 Å². The lowest BCUT2D eigenvalue weighted by molar-refractivity contribution is -0.228. The smallest absolute Gasteiger partial charge is 0.318 e. The molecule has 0 aliphatic heterocycles. The first-order valence-corrected chi connectivity index (χ1v) is 4.18. The highest BCUT2D eigenvalue weighted by Gasteiger charge is 2.38. The van der Waals surface area contributed by atoms with Crippen LogP contribution in [0.5, 0.6) is 0 Å². The van der Waals surface area contributed by atoms with Crippen LogP contribution in [0.2, 0.25) is 0 Å². The highest BCUT2D eigenvalue weighted by atomic mass is 35.5. The van der Waals surface area contributed by atoms with E-state index in [-0.39, 0.29) is 6.61 Å². The van der Waals surface area contributed by atoms with Crippen molar-refractivity contribution in [3.63, 3.8) is 0 Å². The Labute approximate surface area is 74.6 Å². The Morgan fingerprint density at radius 2 is 2.00 bits per heavy atom. The van der Waals surface area contributed by atoms with Crippen LogP contribution in [0.15, 0.2) is 0 Å². The Bertz CT molecular complexity index is 109. The number of hydrogen-bond donors (Lipinski definition) is 0. The average Bonchev–Trinajstić information content (AvgIpc) is 1.88. The largest absolute Gasteiger partial charge is 0.385 e. The molecule has 0 atom stereocenters. The van der Waals surface area contributed by atoms with Crippen molar-refractivity contribution in [3.8, 4) is 0 Å². The summed E-state index contributed by atoms with van der Waals surface area (Å²) in [5.74, 6) is 0. The predicted molar refractivity (Wildman–Crippen MR) is 41.3 cm³/mol. The molecule has 0 aliphatic carbocycles. The third kappa shape index (κ3) is 4.77. The van der Waals surface area contributed by atoms with Crippen LogP contribution in [0.25, 0.3) is 0 Å². The van der Waals surface area contributed by atoms with Gasteiger partial charge in [-0.15, -0.1) is 0 Å². The molecular formula is C6H10Cl2F2O. The molecule has 0 heterocycles. The van der Waals surface area contributed by atoms with Gasteiger partial charge in [-0.25, -0.2) is 0 Å². The third-order valence-corrected chi connectivity index (χ3v) is 1.55. The molecule has 0 aliphatic rings. The first kappa shape index (κ1) is 11.4.